The van der Waals surface area contributed by atoms with Crippen LogP contribution in [0.4, 0.5) is 0 Å². The van der Waals surface area contributed by atoms with Crippen molar-refractivity contribution in [2.75, 3.05) is 0 Å². The van der Waals surface area contributed by atoms with E-state index in [0.29, 0.717) is 16.5 Å². The average Bonchev–Trinajstić information content (AvgIpc) is 2.66. The Labute approximate surface area is 163 Å². The van der Waals surface area contributed by atoms with Gasteiger partial charge in [-0.2, -0.15) is 0 Å². The predicted molar refractivity (Wildman–Crippen MR) is 105 cm³/mol. The van der Waals surface area contributed by atoms with Crippen LogP contribution in [-0.4, -0.2) is 5.11 Å². The number of fused-ring (bicyclic) bond motifs is 1. The Kier molecular flexibility index (Phi) is 4.90. The fraction of sp³-hybridized carbons (Fsp3) is 0.182. The lowest BCUT2D eigenvalue weighted by Gasteiger charge is -2.37. The van der Waals surface area contributed by atoms with Crippen LogP contribution in [0.3, 0.4) is 0 Å². The van der Waals surface area contributed by atoms with Crippen molar-refractivity contribution in [3.8, 4) is 5.75 Å². The van der Waals surface area contributed by atoms with Crippen molar-refractivity contribution < 1.29 is 9.84 Å². The van der Waals surface area contributed by atoms with Crippen molar-refractivity contribution in [3.63, 3.8) is 0 Å². The standard InChI is InChI=1S/C22H18Cl2O2/c23-16-9-5-14(6-10-16)13-19-21(25)18-3-1-2-4-20(18)26-22(19)15-7-11-17(24)12-8-15/h1-12,19,21-22,25H,13H2/t19-,21+,22+/m0/s1. The lowest BCUT2D eigenvalue weighted by molar-refractivity contribution is -0.00177. The van der Waals surface area contributed by atoms with E-state index >= 15 is 0 Å². The zero-order valence-electron chi connectivity index (χ0n) is 14.0. The number of aliphatic hydroxyl groups is 1. The van der Waals surface area contributed by atoms with Gasteiger partial charge in [-0.3, -0.25) is 0 Å². The molecule has 0 saturated carbocycles. The van der Waals surface area contributed by atoms with Gasteiger partial charge in [0, 0.05) is 21.5 Å². The number of hydrogen-bond donors (Lipinski definition) is 1. The summed E-state index contributed by atoms with van der Waals surface area (Å²) in [7, 11) is 0. The normalized spacial score (nSPS) is 21.7. The first kappa shape index (κ1) is 17.4. The van der Waals surface area contributed by atoms with Gasteiger partial charge in [0.15, 0.2) is 0 Å². The molecule has 3 atom stereocenters. The van der Waals surface area contributed by atoms with Crippen LogP contribution >= 0.6 is 23.2 Å². The Morgan fingerprint density at radius 1 is 0.808 bits per heavy atom. The molecular formula is C22H18Cl2O2. The van der Waals surface area contributed by atoms with Crippen LogP contribution in [0.25, 0.3) is 0 Å². The SMILES string of the molecule is O[C@@H]1c2ccccc2O[C@H](c2ccc(Cl)cc2)[C@H]1Cc1ccc(Cl)cc1. The van der Waals surface area contributed by atoms with E-state index in [1.165, 1.54) is 0 Å². The van der Waals surface area contributed by atoms with Gasteiger partial charge < -0.3 is 9.84 Å². The number of para-hydroxylation sites is 1. The molecule has 0 unspecified atom stereocenters. The van der Waals surface area contributed by atoms with E-state index < -0.39 is 6.10 Å². The summed E-state index contributed by atoms with van der Waals surface area (Å²) in [5, 5.41) is 12.5. The molecule has 1 aliphatic heterocycles. The van der Waals surface area contributed by atoms with Gasteiger partial charge in [-0.1, -0.05) is 65.7 Å². The Balaban J connectivity index is 1.73. The molecular weight excluding hydrogens is 367 g/mol. The fourth-order valence-corrected chi connectivity index (χ4v) is 3.78. The third-order valence-corrected chi connectivity index (χ3v) is 5.37. The molecule has 0 aromatic heterocycles. The molecule has 1 aliphatic rings. The first-order chi connectivity index (χ1) is 12.6. The van der Waals surface area contributed by atoms with Crippen molar-refractivity contribution >= 4 is 23.2 Å². The van der Waals surface area contributed by atoms with E-state index in [0.717, 1.165) is 22.4 Å². The van der Waals surface area contributed by atoms with Crippen LogP contribution in [-0.2, 0) is 6.42 Å². The summed E-state index contributed by atoms with van der Waals surface area (Å²) in [6.45, 7) is 0. The maximum Gasteiger partial charge on any atom is 0.130 e. The molecule has 3 aromatic carbocycles. The molecule has 132 valence electrons. The number of rotatable bonds is 3. The molecule has 26 heavy (non-hydrogen) atoms. The third kappa shape index (κ3) is 3.45. The summed E-state index contributed by atoms with van der Waals surface area (Å²) in [5.74, 6) is 0.611. The second-order valence-corrected chi connectivity index (χ2v) is 7.44. The number of benzene rings is 3. The highest BCUT2D eigenvalue weighted by Crippen LogP contribution is 2.46. The molecule has 0 amide bonds. The molecule has 0 bridgehead atoms. The Hall–Kier alpha value is -2.00. The second-order valence-electron chi connectivity index (χ2n) is 6.57. The summed E-state index contributed by atoms with van der Waals surface area (Å²) in [6.07, 6.45) is -0.191. The Morgan fingerprint density at radius 3 is 2.12 bits per heavy atom. The maximum atomic E-state index is 11.1. The summed E-state index contributed by atoms with van der Waals surface area (Å²) in [5.41, 5.74) is 2.94. The minimum atomic E-state index is -0.615. The summed E-state index contributed by atoms with van der Waals surface area (Å²) in [6, 6.07) is 23.0. The van der Waals surface area contributed by atoms with Crippen molar-refractivity contribution in [3.05, 3.63) is 99.5 Å². The third-order valence-electron chi connectivity index (χ3n) is 4.87. The van der Waals surface area contributed by atoms with Crippen molar-refractivity contribution in [2.45, 2.75) is 18.6 Å². The monoisotopic (exact) mass is 384 g/mol. The molecule has 0 fully saturated rings. The summed E-state index contributed by atoms with van der Waals surface area (Å²) >= 11 is 12.0. The number of halogens is 2. The lowest BCUT2D eigenvalue weighted by Crippen LogP contribution is -2.31. The Bertz CT molecular complexity index is 891. The van der Waals surface area contributed by atoms with Gasteiger partial charge >= 0.3 is 0 Å². The largest absolute Gasteiger partial charge is 0.485 e. The molecule has 4 heteroatoms. The zero-order chi connectivity index (χ0) is 18.1. The van der Waals surface area contributed by atoms with Crippen LogP contribution in [0.2, 0.25) is 10.0 Å². The van der Waals surface area contributed by atoms with Crippen LogP contribution in [0.5, 0.6) is 5.75 Å². The maximum absolute atomic E-state index is 11.1. The smallest absolute Gasteiger partial charge is 0.130 e. The highest BCUT2D eigenvalue weighted by molar-refractivity contribution is 6.30. The van der Waals surface area contributed by atoms with Crippen molar-refractivity contribution in [1.82, 2.24) is 0 Å². The lowest BCUT2D eigenvalue weighted by atomic mass is 9.80. The first-order valence-electron chi connectivity index (χ1n) is 8.55. The van der Waals surface area contributed by atoms with E-state index in [1.54, 1.807) is 0 Å². The molecule has 0 radical (unpaired) electrons. The van der Waals surface area contributed by atoms with Gasteiger partial charge in [0.25, 0.3) is 0 Å². The van der Waals surface area contributed by atoms with Gasteiger partial charge in [0.05, 0.1) is 6.10 Å². The van der Waals surface area contributed by atoms with E-state index in [4.69, 9.17) is 27.9 Å². The first-order valence-corrected chi connectivity index (χ1v) is 9.31. The minimum Gasteiger partial charge on any atom is -0.485 e. The van der Waals surface area contributed by atoms with E-state index in [9.17, 15) is 5.11 Å². The topological polar surface area (TPSA) is 29.5 Å². The van der Waals surface area contributed by atoms with Crippen LogP contribution in [0.1, 0.15) is 28.9 Å². The van der Waals surface area contributed by atoms with Crippen molar-refractivity contribution in [2.24, 2.45) is 5.92 Å². The predicted octanol–water partition coefficient (Wildman–Crippen LogP) is 6.02. The molecule has 3 aromatic rings. The van der Waals surface area contributed by atoms with E-state index in [1.807, 2.05) is 72.8 Å². The summed E-state index contributed by atoms with van der Waals surface area (Å²) in [4.78, 5) is 0. The molecule has 0 aliphatic carbocycles. The van der Waals surface area contributed by atoms with Crippen molar-refractivity contribution in [1.29, 1.82) is 0 Å². The fourth-order valence-electron chi connectivity index (χ4n) is 3.53. The van der Waals surface area contributed by atoms with Gasteiger partial charge in [0.1, 0.15) is 11.9 Å². The van der Waals surface area contributed by atoms with E-state index in [-0.39, 0.29) is 12.0 Å². The summed E-state index contributed by atoms with van der Waals surface area (Å²) < 4.78 is 6.31. The van der Waals surface area contributed by atoms with E-state index in [2.05, 4.69) is 0 Å². The van der Waals surface area contributed by atoms with Crippen LogP contribution < -0.4 is 4.74 Å². The average molecular weight is 385 g/mol. The highest BCUT2D eigenvalue weighted by Gasteiger charge is 2.38. The molecule has 1 N–H and O–H groups in total. The van der Waals surface area contributed by atoms with Gasteiger partial charge in [-0.25, -0.2) is 0 Å². The van der Waals surface area contributed by atoms with Crippen LogP contribution in [0.15, 0.2) is 72.8 Å². The second kappa shape index (κ2) is 7.32. The molecule has 2 nitrogen and oxygen atoms in total. The van der Waals surface area contributed by atoms with Crippen LogP contribution in [0, 0.1) is 5.92 Å². The molecule has 0 spiro atoms. The molecule has 1 heterocycles. The highest BCUT2D eigenvalue weighted by atomic mass is 35.5. The molecule has 0 saturated heterocycles. The van der Waals surface area contributed by atoms with Gasteiger partial charge in [0.2, 0.25) is 0 Å². The number of ether oxygens (including phenoxy) is 1. The van der Waals surface area contributed by atoms with Gasteiger partial charge in [-0.15, -0.1) is 0 Å². The Morgan fingerprint density at radius 2 is 1.42 bits per heavy atom. The molecule has 4 rings (SSSR count). The quantitative estimate of drug-likeness (QED) is 0.598. The van der Waals surface area contributed by atoms with Gasteiger partial charge in [-0.05, 0) is 47.9 Å². The zero-order valence-corrected chi connectivity index (χ0v) is 15.5. The minimum absolute atomic E-state index is 0.118. The number of aliphatic hydroxyl groups excluding tert-OH is 1. The number of hydrogen-bond acceptors (Lipinski definition) is 2.